The first kappa shape index (κ1) is 20.8. The molecule has 172 valence electrons. The lowest BCUT2D eigenvalue weighted by molar-refractivity contribution is -0.202. The molecule has 0 saturated carbocycles. The smallest absolute Gasteiger partial charge is 0.187 e. The van der Waals surface area contributed by atoms with E-state index in [2.05, 4.69) is 19.1 Å². The van der Waals surface area contributed by atoms with E-state index in [1.807, 2.05) is 13.8 Å². The van der Waals surface area contributed by atoms with Crippen LogP contribution in [0.1, 0.15) is 47.9 Å². The molecule has 6 nitrogen and oxygen atoms in total. The first-order valence-corrected chi connectivity index (χ1v) is 12.0. The fraction of sp³-hybridized carbons (Fsp3) is 0.654. The Kier molecular flexibility index (Phi) is 4.81. The van der Waals surface area contributed by atoms with Crippen LogP contribution in [0.5, 0.6) is 0 Å². The molecular weight excluding hydrogens is 408 g/mol. The van der Waals surface area contributed by atoms with E-state index in [1.54, 1.807) is 0 Å². The molecular formula is C26H32O6. The van der Waals surface area contributed by atoms with Gasteiger partial charge in [-0.15, -0.1) is 0 Å². The zero-order chi connectivity index (χ0) is 22.2. The quantitative estimate of drug-likeness (QED) is 0.771. The summed E-state index contributed by atoms with van der Waals surface area (Å²) < 4.78 is 24.6. The first-order chi connectivity index (χ1) is 15.4. The zero-order valence-corrected chi connectivity index (χ0v) is 19.1. The molecule has 0 radical (unpaired) electrons. The Morgan fingerprint density at radius 3 is 2.47 bits per heavy atom. The fourth-order valence-electron chi connectivity index (χ4n) is 7.09. The van der Waals surface area contributed by atoms with Crippen LogP contribution in [0.25, 0.3) is 5.57 Å². The summed E-state index contributed by atoms with van der Waals surface area (Å²) in [6.45, 7) is 8.14. The van der Waals surface area contributed by atoms with Crippen LogP contribution >= 0.6 is 0 Å². The molecule has 32 heavy (non-hydrogen) atoms. The topological polar surface area (TPSA) is 74.2 Å². The van der Waals surface area contributed by atoms with Crippen LogP contribution in [0.4, 0.5) is 0 Å². The number of fused-ring (bicyclic) bond motifs is 5. The lowest BCUT2D eigenvalue weighted by Gasteiger charge is -2.36. The second kappa shape index (κ2) is 7.39. The van der Waals surface area contributed by atoms with Gasteiger partial charge in [-0.1, -0.05) is 17.7 Å². The van der Waals surface area contributed by atoms with E-state index in [4.69, 9.17) is 18.9 Å². The monoisotopic (exact) mass is 440 g/mol. The molecule has 6 atom stereocenters. The average Bonchev–Trinajstić information content (AvgIpc) is 3.53. The number of ether oxygens (including phenoxy) is 4. The number of rotatable bonds is 3. The number of hydrogen-bond acceptors (Lipinski definition) is 6. The van der Waals surface area contributed by atoms with Crippen molar-refractivity contribution in [2.75, 3.05) is 19.8 Å². The van der Waals surface area contributed by atoms with E-state index in [9.17, 15) is 9.90 Å². The number of aryl methyl sites for hydroxylation is 3. The molecule has 4 fully saturated rings. The Morgan fingerprint density at radius 1 is 1.03 bits per heavy atom. The van der Waals surface area contributed by atoms with Gasteiger partial charge in [0.15, 0.2) is 12.1 Å². The lowest BCUT2D eigenvalue weighted by Crippen LogP contribution is -2.49. The third-order valence-corrected chi connectivity index (χ3v) is 8.40. The van der Waals surface area contributed by atoms with Crippen molar-refractivity contribution < 1.29 is 28.8 Å². The van der Waals surface area contributed by atoms with Crippen LogP contribution in [-0.4, -0.2) is 54.8 Å². The average molecular weight is 441 g/mol. The van der Waals surface area contributed by atoms with E-state index in [-0.39, 0.29) is 29.7 Å². The van der Waals surface area contributed by atoms with Gasteiger partial charge in [0.05, 0.1) is 36.2 Å². The van der Waals surface area contributed by atoms with E-state index >= 15 is 0 Å². The third kappa shape index (κ3) is 2.82. The van der Waals surface area contributed by atoms with Crippen LogP contribution in [-0.2, 0) is 23.7 Å². The Hall–Kier alpha value is -1.73. The summed E-state index contributed by atoms with van der Waals surface area (Å²) in [5.41, 5.74) is 3.76. The predicted molar refractivity (Wildman–Crippen MR) is 117 cm³/mol. The Balaban J connectivity index is 1.35. The first-order valence-electron chi connectivity index (χ1n) is 12.0. The molecule has 4 heterocycles. The summed E-state index contributed by atoms with van der Waals surface area (Å²) in [5.74, 6) is -0.162. The van der Waals surface area contributed by atoms with E-state index in [0.717, 1.165) is 61.2 Å². The van der Waals surface area contributed by atoms with Gasteiger partial charge in [-0.25, -0.2) is 0 Å². The van der Waals surface area contributed by atoms with Crippen LogP contribution < -0.4 is 0 Å². The lowest BCUT2D eigenvalue weighted by atomic mass is 9.72. The number of aliphatic hydroxyl groups excluding tert-OH is 1. The van der Waals surface area contributed by atoms with Gasteiger partial charge in [-0.05, 0) is 69.1 Å². The molecule has 5 aliphatic rings. The SMILES string of the molecule is Cc1cc(C)c(C2=C(O)[C@H]3[C@@H](C2=O)[C@@H]2CC[C@@]3(C3OCC(C4CCOCC4)O3)O2)c(C)c1. The minimum Gasteiger partial charge on any atom is -0.511 e. The molecule has 1 aromatic carbocycles. The molecule has 4 saturated heterocycles. The Morgan fingerprint density at radius 2 is 1.75 bits per heavy atom. The van der Waals surface area contributed by atoms with Crippen LogP contribution in [0, 0.1) is 38.5 Å². The van der Waals surface area contributed by atoms with Crippen LogP contribution in [0.3, 0.4) is 0 Å². The number of ketones is 1. The molecule has 1 N–H and O–H groups in total. The summed E-state index contributed by atoms with van der Waals surface area (Å²) in [5, 5.41) is 11.5. The highest BCUT2D eigenvalue weighted by atomic mass is 16.7. The number of carbonyl (C=O) groups is 1. The zero-order valence-electron chi connectivity index (χ0n) is 19.1. The minimum absolute atomic E-state index is 0.00750. The highest BCUT2D eigenvalue weighted by Crippen LogP contribution is 2.61. The predicted octanol–water partition coefficient (Wildman–Crippen LogP) is 3.80. The molecule has 0 aromatic heterocycles. The van der Waals surface area contributed by atoms with Gasteiger partial charge >= 0.3 is 0 Å². The van der Waals surface area contributed by atoms with Gasteiger partial charge < -0.3 is 24.1 Å². The molecule has 0 amide bonds. The van der Waals surface area contributed by atoms with Crippen molar-refractivity contribution in [1.29, 1.82) is 0 Å². The molecule has 6 heteroatoms. The summed E-state index contributed by atoms with van der Waals surface area (Å²) in [7, 11) is 0. The van der Waals surface area contributed by atoms with Gasteiger partial charge in [0, 0.05) is 13.2 Å². The van der Waals surface area contributed by atoms with Crippen molar-refractivity contribution in [2.45, 2.75) is 70.6 Å². The van der Waals surface area contributed by atoms with Crippen molar-refractivity contribution in [3.63, 3.8) is 0 Å². The number of aliphatic hydroxyl groups is 1. The van der Waals surface area contributed by atoms with E-state index < -0.39 is 17.8 Å². The number of allylic oxidation sites excluding steroid dienone is 1. The van der Waals surface area contributed by atoms with Crippen molar-refractivity contribution in [3.05, 3.63) is 40.1 Å². The minimum atomic E-state index is -0.788. The Labute approximate surface area is 188 Å². The maximum atomic E-state index is 13.7. The van der Waals surface area contributed by atoms with Crippen LogP contribution in [0.2, 0.25) is 0 Å². The third-order valence-electron chi connectivity index (χ3n) is 8.40. The van der Waals surface area contributed by atoms with Gasteiger partial charge in [-0.3, -0.25) is 4.79 Å². The standard InChI is InChI=1S/C26H32O6/c1-13-10-14(2)19(15(3)11-13)21-23(27)20-17-4-7-26(32-17,22(20)24(21)28)25-30-12-18(31-25)16-5-8-29-9-6-16/h10-11,16-18,20,22,25,28H,4-9,12H2,1-3H3/t17-,18?,20-,22+,25?,26+/m0/s1. The summed E-state index contributed by atoms with van der Waals surface area (Å²) in [4.78, 5) is 13.7. The van der Waals surface area contributed by atoms with E-state index in [1.165, 1.54) is 0 Å². The second-order valence-electron chi connectivity index (χ2n) is 10.3. The molecule has 1 aromatic rings. The van der Waals surface area contributed by atoms with Crippen molar-refractivity contribution >= 4 is 11.4 Å². The van der Waals surface area contributed by atoms with Crippen molar-refractivity contribution in [1.82, 2.24) is 0 Å². The maximum Gasteiger partial charge on any atom is 0.187 e. The van der Waals surface area contributed by atoms with Crippen molar-refractivity contribution in [2.24, 2.45) is 17.8 Å². The highest BCUT2D eigenvalue weighted by Gasteiger charge is 2.71. The van der Waals surface area contributed by atoms with Gasteiger partial charge in [0.25, 0.3) is 0 Å². The maximum absolute atomic E-state index is 13.7. The summed E-state index contributed by atoms with van der Waals surface area (Å²) in [6, 6.07) is 4.15. The molecule has 0 spiro atoms. The number of benzene rings is 1. The van der Waals surface area contributed by atoms with Crippen LogP contribution in [0.15, 0.2) is 17.9 Å². The van der Waals surface area contributed by atoms with Crippen molar-refractivity contribution in [3.8, 4) is 0 Å². The normalized spacial score (nSPS) is 39.3. The van der Waals surface area contributed by atoms with Gasteiger partial charge in [0.2, 0.25) is 0 Å². The van der Waals surface area contributed by atoms with Gasteiger partial charge in [-0.2, -0.15) is 0 Å². The number of carbonyl (C=O) groups excluding carboxylic acids is 1. The number of hydrogen-bond donors (Lipinski definition) is 1. The molecule has 2 bridgehead atoms. The Bertz CT molecular complexity index is 969. The summed E-state index contributed by atoms with van der Waals surface area (Å²) >= 11 is 0. The molecule has 4 aliphatic heterocycles. The van der Waals surface area contributed by atoms with Gasteiger partial charge in [0.1, 0.15) is 11.4 Å². The molecule has 1 aliphatic carbocycles. The molecule has 6 rings (SSSR count). The largest absolute Gasteiger partial charge is 0.511 e. The molecule has 2 unspecified atom stereocenters. The van der Waals surface area contributed by atoms with E-state index in [0.29, 0.717) is 18.1 Å². The summed E-state index contributed by atoms with van der Waals surface area (Å²) in [6.07, 6.45) is 2.76. The highest BCUT2D eigenvalue weighted by molar-refractivity contribution is 6.26. The fourth-order valence-corrected chi connectivity index (χ4v) is 7.09. The second-order valence-corrected chi connectivity index (χ2v) is 10.3. The number of Topliss-reactive ketones (excluding diaryl/α,β-unsaturated/α-hetero) is 1.